The minimum Gasteiger partial charge on any atom is -0.493 e. The third-order valence-electron chi connectivity index (χ3n) is 2.80. The van der Waals surface area contributed by atoms with Crippen molar-refractivity contribution in [3.8, 4) is 17.2 Å². The molecule has 0 unspecified atom stereocenters. The Balaban J connectivity index is 2.82. The van der Waals surface area contributed by atoms with Crippen LogP contribution in [0.3, 0.4) is 0 Å². The fourth-order valence-electron chi connectivity index (χ4n) is 1.89. The number of hydrogen-bond acceptors (Lipinski definition) is 6. The Hall–Kier alpha value is -2.70. The summed E-state index contributed by atoms with van der Waals surface area (Å²) in [6, 6.07) is 3.40. The predicted octanol–water partition coefficient (Wildman–Crippen LogP) is 3.17. The largest absolute Gasteiger partial charge is 0.493 e. The van der Waals surface area contributed by atoms with Gasteiger partial charge in [0.25, 0.3) is 0 Å². The van der Waals surface area contributed by atoms with Crippen LogP contribution in [0, 0.1) is 0 Å². The van der Waals surface area contributed by atoms with Crippen molar-refractivity contribution < 1.29 is 28.5 Å². The van der Waals surface area contributed by atoms with E-state index in [-0.39, 0.29) is 5.75 Å². The number of carbonyl (C=O) groups excluding carboxylic acids is 2. The van der Waals surface area contributed by atoms with E-state index in [0.29, 0.717) is 18.0 Å². The predicted molar refractivity (Wildman–Crippen MR) is 94.1 cm³/mol. The van der Waals surface area contributed by atoms with E-state index in [2.05, 4.69) is 5.32 Å². The first kappa shape index (κ1) is 20.3. The molecule has 0 atom stereocenters. The van der Waals surface area contributed by atoms with Crippen LogP contribution < -0.4 is 19.5 Å². The molecule has 1 N–H and O–H groups in total. The van der Waals surface area contributed by atoms with Gasteiger partial charge in [0.05, 0.1) is 14.2 Å². The lowest BCUT2D eigenvalue weighted by Gasteiger charge is -2.19. The number of hydrogen-bond donors (Lipinski definition) is 1. The maximum absolute atomic E-state index is 11.6. The van der Waals surface area contributed by atoms with Crippen molar-refractivity contribution in [1.82, 2.24) is 5.32 Å². The fraction of sp³-hybridized carbons (Fsp3) is 0.444. The number of alkyl carbamates (subject to hydrolysis) is 1. The van der Waals surface area contributed by atoms with Crippen LogP contribution in [0.4, 0.5) is 4.79 Å². The molecule has 0 saturated carbocycles. The second-order valence-corrected chi connectivity index (χ2v) is 6.13. The first-order valence-corrected chi connectivity index (χ1v) is 7.74. The quantitative estimate of drug-likeness (QED) is 0.626. The van der Waals surface area contributed by atoms with Crippen molar-refractivity contribution in [3.63, 3.8) is 0 Å². The Morgan fingerprint density at radius 3 is 2.12 bits per heavy atom. The Morgan fingerprint density at radius 1 is 1.12 bits per heavy atom. The molecule has 1 rings (SSSR count). The van der Waals surface area contributed by atoms with Crippen molar-refractivity contribution in [2.75, 3.05) is 20.8 Å². The minimum atomic E-state index is -0.541. The molecule has 0 heterocycles. The Bertz CT molecular complexity index is 620. The molecule has 1 aromatic rings. The molecule has 0 aliphatic heterocycles. The molecular formula is C18H25NO6. The van der Waals surface area contributed by atoms with Gasteiger partial charge in [-0.2, -0.15) is 0 Å². The van der Waals surface area contributed by atoms with Crippen LogP contribution in [0.2, 0.25) is 0 Å². The van der Waals surface area contributed by atoms with Gasteiger partial charge in [-0.25, -0.2) is 4.79 Å². The van der Waals surface area contributed by atoms with E-state index in [1.54, 1.807) is 45.1 Å². The second-order valence-electron chi connectivity index (χ2n) is 6.13. The van der Waals surface area contributed by atoms with Crippen LogP contribution in [-0.2, 0) is 9.53 Å². The highest BCUT2D eigenvalue weighted by Crippen LogP contribution is 2.39. The fourth-order valence-corrected chi connectivity index (χ4v) is 1.89. The van der Waals surface area contributed by atoms with Gasteiger partial charge < -0.3 is 24.3 Å². The zero-order valence-corrected chi connectivity index (χ0v) is 15.5. The van der Waals surface area contributed by atoms with Gasteiger partial charge in [0.1, 0.15) is 5.60 Å². The van der Waals surface area contributed by atoms with E-state index in [0.717, 1.165) is 5.56 Å². The van der Waals surface area contributed by atoms with E-state index in [1.165, 1.54) is 21.1 Å². The highest BCUT2D eigenvalue weighted by molar-refractivity contribution is 5.73. The molecule has 0 aliphatic carbocycles. The van der Waals surface area contributed by atoms with Gasteiger partial charge >= 0.3 is 12.1 Å². The molecule has 0 aromatic heterocycles. The zero-order chi connectivity index (χ0) is 19.0. The zero-order valence-electron chi connectivity index (χ0n) is 15.5. The normalized spacial score (nSPS) is 11.1. The maximum Gasteiger partial charge on any atom is 0.407 e. The number of methoxy groups -OCH3 is 2. The molecule has 7 nitrogen and oxygen atoms in total. The first-order valence-electron chi connectivity index (χ1n) is 7.74. The van der Waals surface area contributed by atoms with Gasteiger partial charge in [0, 0.05) is 13.5 Å². The van der Waals surface area contributed by atoms with E-state index in [4.69, 9.17) is 18.9 Å². The molecular weight excluding hydrogens is 326 g/mol. The molecule has 138 valence electrons. The van der Waals surface area contributed by atoms with E-state index in [9.17, 15) is 9.59 Å². The smallest absolute Gasteiger partial charge is 0.407 e. The Morgan fingerprint density at radius 2 is 1.68 bits per heavy atom. The lowest BCUT2D eigenvalue weighted by atomic mass is 10.1. The van der Waals surface area contributed by atoms with E-state index < -0.39 is 17.7 Å². The monoisotopic (exact) mass is 351 g/mol. The summed E-state index contributed by atoms with van der Waals surface area (Å²) >= 11 is 0. The minimum absolute atomic E-state index is 0.224. The lowest BCUT2D eigenvalue weighted by molar-refractivity contribution is -0.132. The van der Waals surface area contributed by atoms with Crippen molar-refractivity contribution in [1.29, 1.82) is 0 Å². The Kier molecular flexibility index (Phi) is 7.29. The third-order valence-corrected chi connectivity index (χ3v) is 2.80. The standard InChI is InChI=1S/C18H25NO6/c1-12(20)24-16-14(22-5)10-13(11-15(16)23-6)8-7-9-19-17(21)25-18(2,3)4/h7-8,10-11H,9H2,1-6H3,(H,19,21). The van der Waals surface area contributed by atoms with Gasteiger partial charge in [0.2, 0.25) is 5.75 Å². The molecule has 0 fully saturated rings. The van der Waals surface area contributed by atoms with Gasteiger partial charge in [-0.1, -0.05) is 12.2 Å². The van der Waals surface area contributed by atoms with E-state index >= 15 is 0 Å². The number of esters is 1. The van der Waals surface area contributed by atoms with E-state index in [1.807, 2.05) is 0 Å². The number of rotatable bonds is 6. The van der Waals surface area contributed by atoms with Crippen molar-refractivity contribution in [2.24, 2.45) is 0 Å². The van der Waals surface area contributed by atoms with Gasteiger partial charge in [0.15, 0.2) is 11.5 Å². The highest BCUT2D eigenvalue weighted by atomic mass is 16.6. The number of amides is 1. The summed E-state index contributed by atoms with van der Waals surface area (Å²) in [7, 11) is 2.94. The summed E-state index contributed by atoms with van der Waals surface area (Å²) in [6.07, 6.45) is 3.04. The summed E-state index contributed by atoms with van der Waals surface area (Å²) < 4.78 is 20.8. The second kappa shape index (κ2) is 8.96. The number of carbonyl (C=O) groups is 2. The molecule has 25 heavy (non-hydrogen) atoms. The van der Waals surface area contributed by atoms with Crippen LogP contribution in [-0.4, -0.2) is 38.4 Å². The summed E-state index contributed by atoms with van der Waals surface area (Å²) in [5.74, 6) is 0.492. The molecule has 0 spiro atoms. The summed E-state index contributed by atoms with van der Waals surface area (Å²) in [5, 5.41) is 2.62. The van der Waals surface area contributed by atoms with Gasteiger partial charge in [-0.15, -0.1) is 0 Å². The number of benzene rings is 1. The summed E-state index contributed by atoms with van der Waals surface area (Å²) in [4.78, 5) is 22.8. The molecule has 0 aliphatic rings. The molecule has 7 heteroatoms. The van der Waals surface area contributed by atoms with Crippen molar-refractivity contribution in [3.05, 3.63) is 23.8 Å². The van der Waals surface area contributed by atoms with Crippen LogP contribution in [0.1, 0.15) is 33.3 Å². The van der Waals surface area contributed by atoms with Crippen LogP contribution in [0.5, 0.6) is 17.2 Å². The Labute approximate surface area is 147 Å². The van der Waals surface area contributed by atoms with Gasteiger partial charge in [-0.3, -0.25) is 4.79 Å². The van der Waals surface area contributed by atoms with Crippen LogP contribution in [0.15, 0.2) is 18.2 Å². The number of nitrogens with one attached hydrogen (secondary N) is 1. The van der Waals surface area contributed by atoms with Gasteiger partial charge in [-0.05, 0) is 38.5 Å². The molecule has 0 bridgehead atoms. The van der Waals surface area contributed by atoms with Crippen molar-refractivity contribution in [2.45, 2.75) is 33.3 Å². The molecule has 1 amide bonds. The third kappa shape index (κ3) is 7.15. The average molecular weight is 351 g/mol. The number of ether oxygens (including phenoxy) is 4. The highest BCUT2D eigenvalue weighted by Gasteiger charge is 2.16. The maximum atomic E-state index is 11.6. The van der Waals surface area contributed by atoms with Crippen molar-refractivity contribution >= 4 is 18.1 Å². The average Bonchev–Trinajstić information content (AvgIpc) is 2.50. The SMILES string of the molecule is COc1cc(C=CCNC(=O)OC(C)(C)C)cc(OC)c1OC(C)=O. The molecule has 0 radical (unpaired) electrons. The first-order chi connectivity index (χ1) is 11.7. The molecule has 0 saturated heterocycles. The van der Waals surface area contributed by atoms with Crippen LogP contribution in [0.25, 0.3) is 6.08 Å². The summed E-state index contributed by atoms with van der Waals surface area (Å²) in [6.45, 7) is 6.99. The van der Waals surface area contributed by atoms with Crippen LogP contribution >= 0.6 is 0 Å². The molecule has 1 aromatic carbocycles. The topological polar surface area (TPSA) is 83.1 Å². The summed E-state index contributed by atoms with van der Waals surface area (Å²) in [5.41, 5.74) is 0.219. The lowest BCUT2D eigenvalue weighted by Crippen LogP contribution is -2.32.